The van der Waals surface area contributed by atoms with Gasteiger partial charge in [-0.15, -0.1) is 0 Å². The number of benzene rings is 1. The van der Waals surface area contributed by atoms with E-state index < -0.39 is 6.10 Å². The zero-order valence-electron chi connectivity index (χ0n) is 11.7. The van der Waals surface area contributed by atoms with Crippen LogP contribution in [0.4, 0.5) is 0 Å². The number of aliphatic hydroxyl groups excluding tert-OH is 1. The van der Waals surface area contributed by atoms with E-state index in [1.54, 1.807) is 7.11 Å². The molecule has 0 saturated carbocycles. The number of hydrogen-bond acceptors (Lipinski definition) is 4. The van der Waals surface area contributed by atoms with Crippen molar-refractivity contribution in [2.24, 2.45) is 0 Å². The van der Waals surface area contributed by atoms with Gasteiger partial charge in [0, 0.05) is 25.1 Å². The fourth-order valence-electron chi connectivity index (χ4n) is 2.08. The number of furan rings is 1. The second-order valence-electron chi connectivity index (χ2n) is 4.95. The minimum Gasteiger partial charge on any atom is -0.458 e. The van der Waals surface area contributed by atoms with Crippen molar-refractivity contribution < 1.29 is 14.3 Å². The molecular formula is C15H21NO3. The molecule has 4 nitrogen and oxygen atoms in total. The van der Waals surface area contributed by atoms with Gasteiger partial charge in [-0.3, -0.25) is 4.90 Å². The van der Waals surface area contributed by atoms with Gasteiger partial charge in [-0.1, -0.05) is 18.2 Å². The van der Waals surface area contributed by atoms with Crippen LogP contribution >= 0.6 is 0 Å². The number of fused-ring (bicyclic) bond motifs is 1. The molecule has 0 aliphatic rings. The number of ether oxygens (including phenoxy) is 1. The molecule has 0 fully saturated rings. The Balaban J connectivity index is 2.04. The van der Waals surface area contributed by atoms with Gasteiger partial charge in [0.05, 0.1) is 6.61 Å². The van der Waals surface area contributed by atoms with E-state index in [1.807, 2.05) is 37.4 Å². The summed E-state index contributed by atoms with van der Waals surface area (Å²) in [6, 6.07) is 9.92. The maximum atomic E-state index is 10.2. The van der Waals surface area contributed by atoms with E-state index >= 15 is 0 Å². The summed E-state index contributed by atoms with van der Waals surface area (Å²) in [5, 5.41) is 11.3. The van der Waals surface area contributed by atoms with Crippen molar-refractivity contribution in [2.75, 3.05) is 27.3 Å². The van der Waals surface area contributed by atoms with Crippen LogP contribution in [-0.2, 0) is 4.74 Å². The van der Waals surface area contributed by atoms with Crippen LogP contribution in [0.3, 0.4) is 0 Å². The molecule has 2 aromatic rings. The van der Waals surface area contributed by atoms with Crippen LogP contribution in [-0.4, -0.2) is 43.4 Å². The van der Waals surface area contributed by atoms with Crippen molar-refractivity contribution in [3.8, 4) is 0 Å². The van der Waals surface area contributed by atoms with Gasteiger partial charge in [-0.05, 0) is 26.1 Å². The fraction of sp³-hybridized carbons (Fsp3) is 0.467. The zero-order chi connectivity index (χ0) is 13.8. The van der Waals surface area contributed by atoms with Gasteiger partial charge >= 0.3 is 0 Å². The average Bonchev–Trinajstić information content (AvgIpc) is 2.82. The second kappa shape index (κ2) is 6.19. The Morgan fingerprint density at radius 1 is 1.37 bits per heavy atom. The van der Waals surface area contributed by atoms with Crippen LogP contribution in [0.25, 0.3) is 11.0 Å². The molecule has 2 rings (SSSR count). The van der Waals surface area contributed by atoms with Crippen molar-refractivity contribution in [2.45, 2.75) is 19.1 Å². The quantitative estimate of drug-likeness (QED) is 0.869. The summed E-state index contributed by atoms with van der Waals surface area (Å²) >= 11 is 0. The Bertz CT molecular complexity index is 490. The summed E-state index contributed by atoms with van der Waals surface area (Å²) in [6.45, 7) is 3.22. The average molecular weight is 263 g/mol. The molecule has 0 aliphatic heterocycles. The van der Waals surface area contributed by atoms with E-state index in [0.717, 1.165) is 11.0 Å². The second-order valence-corrected chi connectivity index (χ2v) is 4.95. The van der Waals surface area contributed by atoms with E-state index in [0.29, 0.717) is 18.9 Å². The Kier molecular flexibility index (Phi) is 4.58. The molecule has 1 aromatic carbocycles. The molecule has 2 unspecified atom stereocenters. The largest absolute Gasteiger partial charge is 0.458 e. The monoisotopic (exact) mass is 263 g/mol. The Morgan fingerprint density at radius 2 is 2.11 bits per heavy atom. The van der Waals surface area contributed by atoms with Crippen LogP contribution in [0.1, 0.15) is 18.8 Å². The molecular weight excluding hydrogens is 242 g/mol. The van der Waals surface area contributed by atoms with Crippen LogP contribution in [0, 0.1) is 0 Å². The first-order valence-corrected chi connectivity index (χ1v) is 6.47. The van der Waals surface area contributed by atoms with Gasteiger partial charge in [0.1, 0.15) is 17.4 Å². The lowest BCUT2D eigenvalue weighted by Gasteiger charge is -2.25. The minimum absolute atomic E-state index is 0.254. The Labute approximate surface area is 113 Å². The molecule has 0 spiro atoms. The maximum absolute atomic E-state index is 10.2. The molecule has 0 amide bonds. The van der Waals surface area contributed by atoms with Crippen LogP contribution in [0.15, 0.2) is 34.7 Å². The van der Waals surface area contributed by atoms with Gasteiger partial charge in [-0.25, -0.2) is 0 Å². The highest BCUT2D eigenvalue weighted by Gasteiger charge is 2.18. The number of hydrogen-bond donors (Lipinski definition) is 1. The highest BCUT2D eigenvalue weighted by atomic mass is 16.5. The predicted molar refractivity (Wildman–Crippen MR) is 75.1 cm³/mol. The molecule has 1 heterocycles. The van der Waals surface area contributed by atoms with Gasteiger partial charge in [0.25, 0.3) is 0 Å². The van der Waals surface area contributed by atoms with Crippen LogP contribution in [0.5, 0.6) is 0 Å². The summed E-state index contributed by atoms with van der Waals surface area (Å²) in [7, 11) is 3.65. The number of methoxy groups -OCH3 is 1. The summed E-state index contributed by atoms with van der Waals surface area (Å²) in [5.74, 6) is 0.609. The normalized spacial score (nSPS) is 15.0. The van der Waals surface area contributed by atoms with Crippen LogP contribution < -0.4 is 0 Å². The van der Waals surface area contributed by atoms with Gasteiger partial charge in [0.2, 0.25) is 0 Å². The standard InChI is InChI=1S/C15H21NO3/c1-11(10-18-3)16(2)9-13(17)15-8-12-6-4-5-7-14(12)19-15/h4-8,11,13,17H,9-10H2,1-3H3. The number of nitrogens with zero attached hydrogens (tertiary/aromatic N) is 1. The van der Waals surface area contributed by atoms with E-state index in [-0.39, 0.29) is 6.04 Å². The van der Waals surface area contributed by atoms with Crippen molar-refractivity contribution in [3.63, 3.8) is 0 Å². The molecule has 1 N–H and O–H groups in total. The molecule has 0 aliphatic carbocycles. The molecule has 19 heavy (non-hydrogen) atoms. The van der Waals surface area contributed by atoms with Crippen molar-refractivity contribution in [1.82, 2.24) is 4.90 Å². The number of para-hydroxylation sites is 1. The predicted octanol–water partition coefficient (Wildman–Crippen LogP) is 2.43. The van der Waals surface area contributed by atoms with Crippen molar-refractivity contribution in [3.05, 3.63) is 36.1 Å². The SMILES string of the molecule is COCC(C)N(C)CC(O)c1cc2ccccc2o1. The highest BCUT2D eigenvalue weighted by Crippen LogP contribution is 2.24. The van der Waals surface area contributed by atoms with E-state index in [2.05, 4.69) is 11.8 Å². The molecule has 2 atom stereocenters. The summed E-state index contributed by atoms with van der Waals surface area (Å²) < 4.78 is 10.8. The molecule has 0 radical (unpaired) electrons. The van der Waals surface area contributed by atoms with Crippen molar-refractivity contribution >= 4 is 11.0 Å². The third kappa shape index (κ3) is 3.35. The van der Waals surface area contributed by atoms with E-state index in [1.165, 1.54) is 0 Å². The Hall–Kier alpha value is -1.36. The number of aliphatic hydroxyl groups is 1. The number of rotatable bonds is 6. The third-order valence-corrected chi connectivity index (χ3v) is 3.39. The molecule has 104 valence electrons. The lowest BCUT2D eigenvalue weighted by atomic mass is 10.2. The fourth-order valence-corrected chi connectivity index (χ4v) is 2.08. The van der Waals surface area contributed by atoms with E-state index in [9.17, 15) is 5.11 Å². The first kappa shape index (κ1) is 14.1. The maximum Gasteiger partial charge on any atom is 0.135 e. The molecule has 1 aromatic heterocycles. The minimum atomic E-state index is -0.628. The zero-order valence-corrected chi connectivity index (χ0v) is 11.7. The van der Waals surface area contributed by atoms with Gasteiger partial charge in [0.15, 0.2) is 0 Å². The highest BCUT2D eigenvalue weighted by molar-refractivity contribution is 5.77. The third-order valence-electron chi connectivity index (χ3n) is 3.39. The smallest absolute Gasteiger partial charge is 0.135 e. The first-order valence-electron chi connectivity index (χ1n) is 6.47. The number of likely N-dealkylation sites (N-methyl/N-ethyl adjacent to an activating group) is 1. The first-order chi connectivity index (χ1) is 9.11. The summed E-state index contributed by atoms with van der Waals surface area (Å²) in [5.41, 5.74) is 0.809. The van der Waals surface area contributed by atoms with Crippen molar-refractivity contribution in [1.29, 1.82) is 0 Å². The molecule has 0 bridgehead atoms. The van der Waals surface area contributed by atoms with Gasteiger partial charge < -0.3 is 14.3 Å². The van der Waals surface area contributed by atoms with E-state index in [4.69, 9.17) is 9.15 Å². The molecule has 0 saturated heterocycles. The topological polar surface area (TPSA) is 45.8 Å². The lowest BCUT2D eigenvalue weighted by Crippen LogP contribution is -2.35. The summed E-state index contributed by atoms with van der Waals surface area (Å²) in [6.07, 6.45) is -0.628. The lowest BCUT2D eigenvalue weighted by molar-refractivity contribution is 0.0621. The molecule has 4 heteroatoms. The van der Waals surface area contributed by atoms with Crippen LogP contribution in [0.2, 0.25) is 0 Å². The van der Waals surface area contributed by atoms with Gasteiger partial charge in [-0.2, -0.15) is 0 Å². The Morgan fingerprint density at radius 3 is 2.79 bits per heavy atom. The summed E-state index contributed by atoms with van der Waals surface area (Å²) in [4.78, 5) is 2.06.